The third-order valence-corrected chi connectivity index (χ3v) is 3.66. The number of hydrogen-bond donors (Lipinski definition) is 0. The molecule has 2 aromatic heterocycles. The molecule has 0 atom stereocenters. The van der Waals surface area contributed by atoms with Gasteiger partial charge in [-0.1, -0.05) is 30.3 Å². The minimum atomic E-state index is 0.881. The Bertz CT molecular complexity index is 933. The van der Waals surface area contributed by atoms with Gasteiger partial charge in [0.15, 0.2) is 0 Å². The standard InChI is InChI=1S/C19H13N3/c1-3-14(11-17(4-1)19-13-20-9-10-22-19)15-6-7-18-16(12-15)5-2-8-21-18/h1-13H. The minimum Gasteiger partial charge on any atom is -0.261 e. The van der Waals surface area contributed by atoms with Gasteiger partial charge in [0.05, 0.1) is 17.4 Å². The normalized spacial score (nSPS) is 10.7. The third-order valence-electron chi connectivity index (χ3n) is 3.66. The summed E-state index contributed by atoms with van der Waals surface area (Å²) in [6, 6.07) is 18.7. The number of aromatic nitrogens is 3. The van der Waals surface area contributed by atoms with Gasteiger partial charge in [-0.3, -0.25) is 15.0 Å². The van der Waals surface area contributed by atoms with Crippen LogP contribution in [0.4, 0.5) is 0 Å². The predicted molar refractivity (Wildman–Crippen MR) is 88.2 cm³/mol. The van der Waals surface area contributed by atoms with E-state index in [1.54, 1.807) is 18.6 Å². The summed E-state index contributed by atoms with van der Waals surface area (Å²) < 4.78 is 0. The number of benzene rings is 2. The average Bonchev–Trinajstić information content (AvgIpc) is 2.62. The lowest BCUT2D eigenvalue weighted by molar-refractivity contribution is 1.21. The molecule has 2 heterocycles. The number of nitrogens with zero attached hydrogens (tertiary/aromatic N) is 3. The molecule has 0 saturated carbocycles. The lowest BCUT2D eigenvalue weighted by atomic mass is 10.0. The molecule has 2 aromatic carbocycles. The molecule has 0 amide bonds. The molecule has 22 heavy (non-hydrogen) atoms. The Hall–Kier alpha value is -3.07. The summed E-state index contributed by atoms with van der Waals surface area (Å²) in [6.07, 6.45) is 6.99. The van der Waals surface area contributed by atoms with Gasteiger partial charge < -0.3 is 0 Å². The zero-order valence-corrected chi connectivity index (χ0v) is 11.8. The van der Waals surface area contributed by atoms with E-state index >= 15 is 0 Å². The second-order valence-electron chi connectivity index (χ2n) is 5.08. The molecule has 4 rings (SSSR count). The van der Waals surface area contributed by atoms with Crippen molar-refractivity contribution in [2.45, 2.75) is 0 Å². The van der Waals surface area contributed by atoms with E-state index in [9.17, 15) is 0 Å². The van der Waals surface area contributed by atoms with Crippen LogP contribution in [0.3, 0.4) is 0 Å². The molecular weight excluding hydrogens is 270 g/mol. The van der Waals surface area contributed by atoms with Crippen LogP contribution in [-0.2, 0) is 0 Å². The van der Waals surface area contributed by atoms with Gasteiger partial charge in [-0.15, -0.1) is 0 Å². The molecular formula is C19H13N3. The van der Waals surface area contributed by atoms with Crippen molar-refractivity contribution in [2.75, 3.05) is 0 Å². The molecule has 0 unspecified atom stereocenters. The van der Waals surface area contributed by atoms with Crippen LogP contribution >= 0.6 is 0 Å². The quantitative estimate of drug-likeness (QED) is 0.548. The van der Waals surface area contributed by atoms with Crippen LogP contribution in [0.25, 0.3) is 33.3 Å². The molecule has 3 heteroatoms. The van der Waals surface area contributed by atoms with Crippen molar-refractivity contribution in [3.05, 3.63) is 79.4 Å². The molecule has 0 fully saturated rings. The summed E-state index contributed by atoms with van der Waals surface area (Å²) in [5.74, 6) is 0. The summed E-state index contributed by atoms with van der Waals surface area (Å²) in [6.45, 7) is 0. The molecule has 0 aliphatic heterocycles. The van der Waals surface area contributed by atoms with E-state index in [1.165, 1.54) is 5.56 Å². The van der Waals surface area contributed by atoms with Gasteiger partial charge in [0, 0.05) is 29.5 Å². The fourth-order valence-electron chi connectivity index (χ4n) is 2.56. The lowest BCUT2D eigenvalue weighted by Gasteiger charge is -2.06. The van der Waals surface area contributed by atoms with E-state index in [-0.39, 0.29) is 0 Å². The maximum Gasteiger partial charge on any atom is 0.0885 e. The highest BCUT2D eigenvalue weighted by Crippen LogP contribution is 2.27. The molecule has 0 saturated heterocycles. The second kappa shape index (κ2) is 5.37. The Morgan fingerprint density at radius 3 is 2.45 bits per heavy atom. The first kappa shape index (κ1) is 12.7. The maximum absolute atomic E-state index is 4.36. The number of pyridine rings is 1. The van der Waals surface area contributed by atoms with Crippen LogP contribution < -0.4 is 0 Å². The van der Waals surface area contributed by atoms with Crippen LogP contribution in [0.1, 0.15) is 0 Å². The van der Waals surface area contributed by atoms with E-state index in [0.717, 1.165) is 27.7 Å². The van der Waals surface area contributed by atoms with Gasteiger partial charge in [0.25, 0.3) is 0 Å². The highest BCUT2D eigenvalue weighted by molar-refractivity contribution is 5.85. The van der Waals surface area contributed by atoms with Crippen LogP contribution in [0.15, 0.2) is 79.4 Å². The van der Waals surface area contributed by atoms with Crippen molar-refractivity contribution in [3.8, 4) is 22.4 Å². The number of rotatable bonds is 2. The fourth-order valence-corrected chi connectivity index (χ4v) is 2.56. The monoisotopic (exact) mass is 283 g/mol. The van der Waals surface area contributed by atoms with Gasteiger partial charge in [0.1, 0.15) is 0 Å². The van der Waals surface area contributed by atoms with Crippen LogP contribution in [0.5, 0.6) is 0 Å². The average molecular weight is 283 g/mol. The Balaban J connectivity index is 1.81. The minimum absolute atomic E-state index is 0.881. The Morgan fingerprint density at radius 2 is 1.55 bits per heavy atom. The molecule has 104 valence electrons. The molecule has 4 aromatic rings. The molecule has 0 N–H and O–H groups in total. The zero-order valence-electron chi connectivity index (χ0n) is 11.8. The van der Waals surface area contributed by atoms with E-state index < -0.39 is 0 Å². The first-order valence-corrected chi connectivity index (χ1v) is 7.12. The topological polar surface area (TPSA) is 38.7 Å². The van der Waals surface area contributed by atoms with Crippen molar-refractivity contribution < 1.29 is 0 Å². The van der Waals surface area contributed by atoms with Gasteiger partial charge >= 0.3 is 0 Å². The van der Waals surface area contributed by atoms with E-state index in [4.69, 9.17) is 0 Å². The Kier molecular flexibility index (Phi) is 3.09. The first-order chi connectivity index (χ1) is 10.9. The summed E-state index contributed by atoms with van der Waals surface area (Å²) in [7, 11) is 0. The van der Waals surface area contributed by atoms with Crippen molar-refractivity contribution in [1.29, 1.82) is 0 Å². The SMILES string of the molecule is c1cc(-c2ccc3ncccc3c2)cc(-c2cnccn2)c1. The fraction of sp³-hybridized carbons (Fsp3) is 0. The largest absolute Gasteiger partial charge is 0.261 e. The summed E-state index contributed by atoms with van der Waals surface area (Å²) in [5.41, 5.74) is 5.29. The van der Waals surface area contributed by atoms with Crippen molar-refractivity contribution in [1.82, 2.24) is 15.0 Å². The molecule has 0 spiro atoms. The summed E-state index contributed by atoms with van der Waals surface area (Å²) in [5, 5.41) is 1.14. The van der Waals surface area contributed by atoms with Gasteiger partial charge in [-0.05, 0) is 35.4 Å². The first-order valence-electron chi connectivity index (χ1n) is 7.12. The summed E-state index contributed by atoms with van der Waals surface area (Å²) >= 11 is 0. The highest BCUT2D eigenvalue weighted by atomic mass is 14.8. The Morgan fingerprint density at radius 1 is 0.636 bits per heavy atom. The molecule has 3 nitrogen and oxygen atoms in total. The van der Waals surface area contributed by atoms with Crippen molar-refractivity contribution in [3.63, 3.8) is 0 Å². The lowest BCUT2D eigenvalue weighted by Crippen LogP contribution is -1.86. The second-order valence-corrected chi connectivity index (χ2v) is 5.08. The van der Waals surface area contributed by atoms with E-state index in [1.807, 2.05) is 18.3 Å². The smallest absolute Gasteiger partial charge is 0.0885 e. The number of hydrogen-bond acceptors (Lipinski definition) is 3. The third kappa shape index (κ3) is 2.33. The summed E-state index contributed by atoms with van der Waals surface area (Å²) in [4.78, 5) is 12.9. The predicted octanol–water partition coefficient (Wildman–Crippen LogP) is 4.36. The van der Waals surface area contributed by atoms with Crippen LogP contribution in [0, 0.1) is 0 Å². The van der Waals surface area contributed by atoms with Crippen LogP contribution in [-0.4, -0.2) is 15.0 Å². The highest BCUT2D eigenvalue weighted by Gasteiger charge is 2.04. The zero-order chi connectivity index (χ0) is 14.8. The van der Waals surface area contributed by atoms with Crippen LogP contribution in [0.2, 0.25) is 0 Å². The molecule has 0 aliphatic rings. The van der Waals surface area contributed by atoms with Crippen molar-refractivity contribution >= 4 is 10.9 Å². The Labute approximate surface area is 128 Å². The van der Waals surface area contributed by atoms with Gasteiger partial charge in [-0.2, -0.15) is 0 Å². The molecule has 0 bridgehead atoms. The van der Waals surface area contributed by atoms with E-state index in [0.29, 0.717) is 0 Å². The van der Waals surface area contributed by atoms with Gasteiger partial charge in [0.2, 0.25) is 0 Å². The maximum atomic E-state index is 4.36. The molecule has 0 radical (unpaired) electrons. The molecule has 0 aliphatic carbocycles. The van der Waals surface area contributed by atoms with Gasteiger partial charge in [-0.25, -0.2) is 0 Å². The van der Waals surface area contributed by atoms with E-state index in [2.05, 4.69) is 57.4 Å². The van der Waals surface area contributed by atoms with Crippen molar-refractivity contribution in [2.24, 2.45) is 0 Å². The number of fused-ring (bicyclic) bond motifs is 1.